The molecule has 0 aliphatic carbocycles. The number of anilines is 1. The number of hydrogen-bond acceptors (Lipinski definition) is 2. The first-order chi connectivity index (χ1) is 7.70. The van der Waals surface area contributed by atoms with E-state index in [2.05, 4.69) is 0 Å². The molecular weight excluding hydrogens is 253 g/mol. The van der Waals surface area contributed by atoms with Crippen molar-refractivity contribution < 1.29 is 13.2 Å². The van der Waals surface area contributed by atoms with Crippen LogP contribution in [0.25, 0.3) is 0 Å². The minimum atomic E-state index is -4.25. The van der Waals surface area contributed by atoms with Gasteiger partial charge in [0, 0.05) is 13.1 Å². The maximum Gasteiger partial charge on any atom is 0.405 e. The van der Waals surface area contributed by atoms with E-state index in [9.17, 15) is 13.2 Å². The fourth-order valence-corrected chi connectivity index (χ4v) is 1.80. The minimum absolute atomic E-state index is 0.200. The van der Waals surface area contributed by atoms with E-state index in [-0.39, 0.29) is 11.1 Å². The van der Waals surface area contributed by atoms with E-state index in [1.807, 2.05) is 0 Å². The van der Waals surface area contributed by atoms with E-state index in [4.69, 9.17) is 17.3 Å². The molecule has 1 aromatic rings. The van der Waals surface area contributed by atoms with Gasteiger partial charge in [0.05, 0.1) is 10.7 Å². The lowest BCUT2D eigenvalue weighted by molar-refractivity contribution is -0.119. The maximum absolute atomic E-state index is 12.2. The summed E-state index contributed by atoms with van der Waals surface area (Å²) in [5.74, 6) is 0. The highest BCUT2D eigenvalue weighted by Gasteiger charge is 2.30. The van der Waals surface area contributed by atoms with Gasteiger partial charge in [0.2, 0.25) is 0 Å². The van der Waals surface area contributed by atoms with Gasteiger partial charge in [-0.3, -0.25) is 0 Å². The van der Waals surface area contributed by atoms with E-state index < -0.39 is 12.7 Å². The first-order valence-corrected chi connectivity index (χ1v) is 5.41. The molecule has 0 saturated heterocycles. The number of halogens is 4. The highest BCUT2D eigenvalue weighted by atomic mass is 35.5. The normalized spacial score (nSPS) is 13.6. The van der Waals surface area contributed by atoms with Crippen molar-refractivity contribution in [1.82, 2.24) is 0 Å². The summed E-state index contributed by atoms with van der Waals surface area (Å²) in [6, 6.07) is 4.62. The van der Waals surface area contributed by atoms with Crippen molar-refractivity contribution in [1.29, 1.82) is 0 Å². The molecule has 0 amide bonds. The summed E-state index contributed by atoms with van der Waals surface area (Å²) in [5, 5.41) is 0.270. The molecule has 0 saturated carbocycles. The monoisotopic (exact) mass is 266 g/mol. The van der Waals surface area contributed by atoms with E-state index >= 15 is 0 Å². The fourth-order valence-electron chi connectivity index (χ4n) is 1.47. The van der Waals surface area contributed by atoms with Crippen molar-refractivity contribution in [3.05, 3.63) is 28.8 Å². The number of nitrogens with two attached hydrogens (primary N) is 1. The molecular formula is C11H14ClF3N2. The summed E-state index contributed by atoms with van der Waals surface area (Å²) < 4.78 is 36.7. The highest BCUT2D eigenvalue weighted by Crippen LogP contribution is 2.29. The van der Waals surface area contributed by atoms with Crippen LogP contribution >= 0.6 is 11.6 Å². The third kappa shape index (κ3) is 4.09. The molecule has 0 aliphatic heterocycles. The molecule has 0 heterocycles. The van der Waals surface area contributed by atoms with Gasteiger partial charge in [-0.05, 0) is 24.6 Å². The summed E-state index contributed by atoms with van der Waals surface area (Å²) in [4.78, 5) is 1.06. The number of benzene rings is 1. The van der Waals surface area contributed by atoms with Crippen molar-refractivity contribution in [2.45, 2.75) is 19.1 Å². The smallest absolute Gasteiger partial charge is 0.365 e. The van der Waals surface area contributed by atoms with Crippen LogP contribution in [-0.4, -0.2) is 19.8 Å². The van der Waals surface area contributed by atoms with Crippen LogP contribution in [-0.2, 0) is 0 Å². The van der Waals surface area contributed by atoms with E-state index in [1.54, 1.807) is 25.1 Å². The van der Waals surface area contributed by atoms with Crippen molar-refractivity contribution in [3.63, 3.8) is 0 Å². The Labute approximate surface area is 103 Å². The molecule has 1 atom stereocenters. The van der Waals surface area contributed by atoms with E-state index in [1.165, 1.54) is 7.05 Å². The lowest BCUT2D eigenvalue weighted by atomic mass is 10.1. The molecule has 2 nitrogen and oxygen atoms in total. The molecule has 0 unspecified atom stereocenters. The van der Waals surface area contributed by atoms with Gasteiger partial charge in [-0.15, -0.1) is 0 Å². The van der Waals surface area contributed by atoms with Crippen LogP contribution in [0, 0.1) is 0 Å². The molecule has 0 radical (unpaired) electrons. The average Bonchev–Trinajstić information content (AvgIpc) is 2.14. The standard InChI is InChI=1S/C11H14ClF3N2/c1-7(16)8-3-4-10(9(12)5-8)17(2)6-11(13,14)15/h3-5,7H,6,16H2,1-2H3/t7-/m0/s1. The molecule has 0 spiro atoms. The van der Waals surface area contributed by atoms with Gasteiger partial charge >= 0.3 is 6.18 Å². The Morgan fingerprint density at radius 1 is 1.41 bits per heavy atom. The Balaban J connectivity index is 2.92. The molecule has 1 aromatic carbocycles. The fraction of sp³-hybridized carbons (Fsp3) is 0.455. The predicted octanol–water partition coefficient (Wildman–Crippen LogP) is 3.36. The number of alkyl halides is 3. The van der Waals surface area contributed by atoms with Crippen LogP contribution in [0.5, 0.6) is 0 Å². The van der Waals surface area contributed by atoms with Crippen molar-refractivity contribution in [2.24, 2.45) is 5.73 Å². The zero-order chi connectivity index (χ0) is 13.2. The van der Waals surface area contributed by atoms with Gasteiger partial charge in [0.15, 0.2) is 0 Å². The van der Waals surface area contributed by atoms with Crippen LogP contribution in [0.15, 0.2) is 18.2 Å². The lowest BCUT2D eigenvalue weighted by Gasteiger charge is -2.22. The SMILES string of the molecule is C[C@H](N)c1ccc(N(C)CC(F)(F)F)c(Cl)c1. The third-order valence-corrected chi connectivity index (χ3v) is 2.63. The van der Waals surface area contributed by atoms with Crippen molar-refractivity contribution in [3.8, 4) is 0 Å². The second-order valence-corrected chi connectivity index (χ2v) is 4.38. The van der Waals surface area contributed by atoms with Crippen LogP contribution in [0.3, 0.4) is 0 Å². The lowest BCUT2D eigenvalue weighted by Crippen LogP contribution is -2.31. The molecule has 2 N–H and O–H groups in total. The first-order valence-electron chi connectivity index (χ1n) is 5.03. The van der Waals surface area contributed by atoms with Crippen LogP contribution in [0.1, 0.15) is 18.5 Å². The van der Waals surface area contributed by atoms with Gasteiger partial charge < -0.3 is 10.6 Å². The summed E-state index contributed by atoms with van der Waals surface area (Å²) in [6.07, 6.45) is -4.25. The molecule has 0 bridgehead atoms. The Bertz CT molecular complexity index is 391. The second kappa shape index (κ2) is 5.14. The van der Waals surface area contributed by atoms with Crippen LogP contribution in [0.2, 0.25) is 5.02 Å². The van der Waals surface area contributed by atoms with Crippen molar-refractivity contribution >= 4 is 17.3 Å². The maximum atomic E-state index is 12.2. The average molecular weight is 267 g/mol. The zero-order valence-corrected chi connectivity index (χ0v) is 10.3. The number of rotatable bonds is 3. The van der Waals surface area contributed by atoms with Gasteiger partial charge in [0.1, 0.15) is 6.54 Å². The van der Waals surface area contributed by atoms with Gasteiger partial charge in [-0.25, -0.2) is 0 Å². The van der Waals surface area contributed by atoms with Crippen LogP contribution < -0.4 is 10.6 Å². The van der Waals surface area contributed by atoms with Crippen LogP contribution in [0.4, 0.5) is 18.9 Å². The second-order valence-electron chi connectivity index (χ2n) is 3.97. The largest absolute Gasteiger partial charge is 0.405 e. The molecule has 96 valence electrons. The summed E-state index contributed by atoms with van der Waals surface area (Å²) in [7, 11) is 1.35. The Hall–Kier alpha value is -0.940. The van der Waals surface area contributed by atoms with Gasteiger partial charge in [-0.1, -0.05) is 17.7 Å². The summed E-state index contributed by atoms with van der Waals surface area (Å²) in [6.45, 7) is 0.745. The minimum Gasteiger partial charge on any atom is -0.365 e. The molecule has 0 aromatic heterocycles. The molecule has 6 heteroatoms. The summed E-state index contributed by atoms with van der Waals surface area (Å²) >= 11 is 5.93. The quantitative estimate of drug-likeness (QED) is 0.909. The first kappa shape index (κ1) is 14.1. The molecule has 1 rings (SSSR count). The zero-order valence-electron chi connectivity index (χ0n) is 9.55. The Morgan fingerprint density at radius 2 is 2.00 bits per heavy atom. The van der Waals surface area contributed by atoms with E-state index in [0.717, 1.165) is 10.5 Å². The Kier molecular flexibility index (Phi) is 4.27. The number of hydrogen-bond donors (Lipinski definition) is 1. The molecule has 17 heavy (non-hydrogen) atoms. The van der Waals surface area contributed by atoms with Gasteiger partial charge in [-0.2, -0.15) is 13.2 Å². The predicted molar refractivity (Wildman–Crippen MR) is 63.4 cm³/mol. The summed E-state index contributed by atoms with van der Waals surface area (Å²) in [5.41, 5.74) is 6.79. The Morgan fingerprint density at radius 3 is 2.41 bits per heavy atom. The number of nitrogens with zero attached hydrogens (tertiary/aromatic N) is 1. The highest BCUT2D eigenvalue weighted by molar-refractivity contribution is 6.33. The molecule has 0 aliphatic rings. The third-order valence-electron chi connectivity index (χ3n) is 2.33. The topological polar surface area (TPSA) is 29.3 Å². The van der Waals surface area contributed by atoms with E-state index in [0.29, 0.717) is 5.69 Å². The van der Waals surface area contributed by atoms with Crippen molar-refractivity contribution in [2.75, 3.05) is 18.5 Å². The molecule has 0 fully saturated rings. The van der Waals surface area contributed by atoms with Gasteiger partial charge in [0.25, 0.3) is 0 Å².